The molecule has 0 radical (unpaired) electrons. The fraction of sp³-hybridized carbons (Fsp3) is 0.600. The molecule has 1 aliphatic rings. The summed E-state index contributed by atoms with van der Waals surface area (Å²) in [5.74, 6) is -1.78. The highest BCUT2D eigenvalue weighted by Crippen LogP contribution is 2.40. The van der Waals surface area contributed by atoms with E-state index in [1.807, 2.05) is 6.07 Å². The first-order chi connectivity index (χ1) is 29.0. The molecule has 8 N–H and O–H groups in total. The van der Waals surface area contributed by atoms with Crippen LogP contribution in [-0.2, 0) is 30.4 Å². The second-order valence-corrected chi connectivity index (χ2v) is 15.4. The maximum absolute atomic E-state index is 14.4. The number of rotatable bonds is 24. The van der Waals surface area contributed by atoms with Gasteiger partial charge in [0.1, 0.15) is 55.4 Å². The van der Waals surface area contributed by atoms with Crippen LogP contribution in [0.3, 0.4) is 0 Å². The summed E-state index contributed by atoms with van der Waals surface area (Å²) in [6.45, 7) is 6.03. The minimum atomic E-state index is -1.28. The van der Waals surface area contributed by atoms with Crippen LogP contribution in [0.1, 0.15) is 121 Å². The van der Waals surface area contributed by atoms with Gasteiger partial charge in [0.05, 0.1) is 6.07 Å². The summed E-state index contributed by atoms with van der Waals surface area (Å²) in [7, 11) is 1.49. The van der Waals surface area contributed by atoms with Crippen molar-refractivity contribution in [1.82, 2.24) is 26.2 Å². The van der Waals surface area contributed by atoms with Crippen LogP contribution in [0, 0.1) is 11.3 Å². The smallest absolute Gasteiger partial charge is 0.248 e. The summed E-state index contributed by atoms with van der Waals surface area (Å²) < 4.78 is 12.2. The maximum Gasteiger partial charge on any atom is 0.248 e. The number of carbonyl (C=O) groups excluding carboxylic acids is 5. The number of benzene rings is 2. The van der Waals surface area contributed by atoms with E-state index in [1.54, 1.807) is 43.3 Å². The number of carbonyl (C=O) groups is 5. The van der Waals surface area contributed by atoms with E-state index < -0.39 is 47.8 Å². The topological polar surface area (TPSA) is 231 Å². The summed E-state index contributed by atoms with van der Waals surface area (Å²) in [5, 5.41) is 20.0. The van der Waals surface area contributed by atoms with E-state index in [0.29, 0.717) is 40.2 Å². The van der Waals surface area contributed by atoms with E-state index in [1.165, 1.54) is 63.8 Å². The van der Waals surface area contributed by atoms with Gasteiger partial charge in [0.25, 0.3) is 0 Å². The molecule has 330 valence electrons. The predicted molar refractivity (Wildman–Crippen MR) is 232 cm³/mol. The molecule has 5 amide bonds. The van der Waals surface area contributed by atoms with Crippen molar-refractivity contribution < 1.29 is 33.4 Å². The number of fused-ring (bicyclic) bond motifs is 5. The lowest BCUT2D eigenvalue weighted by Crippen LogP contribution is -2.55. The molecule has 3 rings (SSSR count). The van der Waals surface area contributed by atoms with E-state index in [9.17, 15) is 24.0 Å². The molecule has 15 heteroatoms. The molecule has 15 nitrogen and oxygen atoms in total. The number of hydrogen-bond donors (Lipinski definition) is 6. The van der Waals surface area contributed by atoms with Crippen LogP contribution in [0.5, 0.6) is 11.5 Å². The summed E-state index contributed by atoms with van der Waals surface area (Å²) in [6.07, 6.45) is 13.4. The zero-order chi connectivity index (χ0) is 43.9. The lowest BCUT2D eigenvalue weighted by atomic mass is 9.93. The molecule has 1 aliphatic heterocycles. The maximum atomic E-state index is 14.4. The molecule has 1 heterocycles. The summed E-state index contributed by atoms with van der Waals surface area (Å²) in [6, 6.07) is 7.81. The van der Waals surface area contributed by atoms with E-state index in [4.69, 9.17) is 26.2 Å². The standard InChI is InChI=1S/C45H68N8O7/c1-5-7-8-9-10-11-12-13-14-15-16-17-40(54)51-36(6-2)45(58)53(4)41-33-19-21-39(60-27-24-48)35(30-33)34-28-32(18-20-38(34)59-26-23-47)29-37(43(56)49-25-22-46)52-42(55)31(3)50-44(41)57/h18-21,28,30-31,36-37,41H,5-17,23-27,29,47-48H2,1-4H3,(H,49,56)(H,50,57)(H,51,54)(H,52,55)/t31-,36-,37-,41-/m0/s1. The van der Waals surface area contributed by atoms with Crippen molar-refractivity contribution in [3.63, 3.8) is 0 Å². The van der Waals surface area contributed by atoms with Crippen molar-refractivity contribution in [2.24, 2.45) is 11.5 Å². The van der Waals surface area contributed by atoms with Crippen LogP contribution < -0.4 is 42.2 Å². The molecule has 4 atom stereocenters. The average Bonchev–Trinajstić information content (AvgIpc) is 3.24. The Hall–Kier alpha value is -5.20. The molecule has 0 unspecified atom stereocenters. The van der Waals surface area contributed by atoms with Gasteiger partial charge >= 0.3 is 0 Å². The van der Waals surface area contributed by atoms with Crippen LogP contribution in [0.25, 0.3) is 11.1 Å². The van der Waals surface area contributed by atoms with Crippen molar-refractivity contribution in [3.05, 3.63) is 47.5 Å². The monoisotopic (exact) mass is 833 g/mol. The van der Waals surface area contributed by atoms with Gasteiger partial charge in [0.15, 0.2) is 0 Å². The number of nitrogens with two attached hydrogens (primary N) is 2. The lowest BCUT2D eigenvalue weighted by molar-refractivity contribution is -0.143. The first-order valence-electron chi connectivity index (χ1n) is 21.7. The number of nitriles is 1. The van der Waals surface area contributed by atoms with Crippen LogP contribution in [0.2, 0.25) is 0 Å². The van der Waals surface area contributed by atoms with Gasteiger partial charge in [-0.1, -0.05) is 90.2 Å². The number of amides is 5. The van der Waals surface area contributed by atoms with Crippen molar-refractivity contribution in [2.75, 3.05) is 39.9 Å². The van der Waals surface area contributed by atoms with Crippen molar-refractivity contribution >= 4 is 29.5 Å². The summed E-state index contributed by atoms with van der Waals surface area (Å²) in [5.41, 5.74) is 13.7. The highest BCUT2D eigenvalue weighted by molar-refractivity contribution is 5.96. The fourth-order valence-electron chi connectivity index (χ4n) is 7.26. The highest BCUT2D eigenvalue weighted by Gasteiger charge is 2.35. The van der Waals surface area contributed by atoms with E-state index in [2.05, 4.69) is 28.2 Å². The average molecular weight is 833 g/mol. The zero-order valence-corrected chi connectivity index (χ0v) is 36.1. The summed E-state index contributed by atoms with van der Waals surface area (Å²) in [4.78, 5) is 69.9. The van der Waals surface area contributed by atoms with Gasteiger partial charge < -0.3 is 47.1 Å². The molecule has 0 saturated carbocycles. The molecule has 60 heavy (non-hydrogen) atoms. The third kappa shape index (κ3) is 15.4. The summed E-state index contributed by atoms with van der Waals surface area (Å²) >= 11 is 0. The van der Waals surface area contributed by atoms with E-state index in [0.717, 1.165) is 19.3 Å². The molecule has 0 spiro atoms. The number of nitrogens with one attached hydrogen (secondary N) is 4. The van der Waals surface area contributed by atoms with Gasteiger partial charge in [-0.3, -0.25) is 24.0 Å². The molecule has 0 aliphatic carbocycles. The highest BCUT2D eigenvalue weighted by atomic mass is 16.5. The quantitative estimate of drug-likeness (QED) is 0.0649. The molecular formula is C45H68N8O7. The van der Waals surface area contributed by atoms with Crippen LogP contribution in [0.15, 0.2) is 36.4 Å². The first kappa shape index (κ1) is 49.2. The van der Waals surface area contributed by atoms with E-state index >= 15 is 0 Å². The van der Waals surface area contributed by atoms with Crippen molar-refractivity contribution in [2.45, 2.75) is 135 Å². The van der Waals surface area contributed by atoms with Gasteiger partial charge in [-0.2, -0.15) is 5.26 Å². The Morgan fingerprint density at radius 3 is 2.02 bits per heavy atom. The second-order valence-electron chi connectivity index (χ2n) is 15.4. The Balaban J connectivity index is 1.95. The van der Waals surface area contributed by atoms with Gasteiger partial charge in [-0.15, -0.1) is 0 Å². The largest absolute Gasteiger partial charge is 0.492 e. The normalized spacial score (nSPS) is 16.9. The Kier molecular flexibility index (Phi) is 22.0. The fourth-order valence-corrected chi connectivity index (χ4v) is 7.26. The Morgan fingerprint density at radius 2 is 1.43 bits per heavy atom. The minimum absolute atomic E-state index is 0.0375. The Morgan fingerprint density at radius 1 is 0.850 bits per heavy atom. The van der Waals surface area contributed by atoms with Crippen LogP contribution >= 0.6 is 0 Å². The zero-order valence-electron chi connectivity index (χ0n) is 36.1. The lowest BCUT2D eigenvalue weighted by Gasteiger charge is -2.32. The first-order valence-corrected chi connectivity index (χ1v) is 21.7. The number of hydrogen-bond acceptors (Lipinski definition) is 10. The molecule has 2 aromatic rings. The SMILES string of the molecule is CCCCCCCCCCCCCC(=O)N[C@@H](CC)C(=O)N(C)[C@@H]1C(=O)N[C@@H](C)C(=O)N[C@H](C(=O)NCC#N)Cc2ccc(OCCN)c(c2)-c2cc1ccc2OCCN. The Bertz CT molecular complexity index is 1750. The molecule has 4 bridgehead atoms. The van der Waals surface area contributed by atoms with Gasteiger partial charge in [-0.05, 0) is 55.2 Å². The molecule has 0 saturated heterocycles. The van der Waals surface area contributed by atoms with Crippen LogP contribution in [-0.4, -0.2) is 92.5 Å². The number of nitrogens with zero attached hydrogens (tertiary/aromatic N) is 2. The number of ether oxygens (including phenoxy) is 2. The van der Waals surface area contributed by atoms with Crippen molar-refractivity contribution in [1.29, 1.82) is 5.26 Å². The number of likely N-dealkylation sites (N-methyl/N-ethyl adjacent to an activating group) is 1. The van der Waals surface area contributed by atoms with Gasteiger partial charge in [-0.25, -0.2) is 0 Å². The minimum Gasteiger partial charge on any atom is -0.492 e. The van der Waals surface area contributed by atoms with Crippen LogP contribution in [0.4, 0.5) is 0 Å². The van der Waals surface area contributed by atoms with Crippen molar-refractivity contribution in [3.8, 4) is 28.7 Å². The molecule has 2 aromatic carbocycles. The number of unbranched alkanes of at least 4 members (excludes halogenated alkanes) is 10. The Labute approximate surface area is 356 Å². The molecular weight excluding hydrogens is 765 g/mol. The second kappa shape index (κ2) is 26.8. The van der Waals surface area contributed by atoms with Gasteiger partial charge in [0, 0.05) is 44.1 Å². The third-order valence-corrected chi connectivity index (χ3v) is 10.6. The third-order valence-electron chi connectivity index (χ3n) is 10.6. The molecule has 0 aromatic heterocycles. The molecule has 0 fully saturated rings. The van der Waals surface area contributed by atoms with Gasteiger partial charge in [0.2, 0.25) is 29.5 Å². The predicted octanol–water partition coefficient (Wildman–Crippen LogP) is 4.31. The van der Waals surface area contributed by atoms with E-state index in [-0.39, 0.29) is 58.0 Å².